The van der Waals surface area contributed by atoms with E-state index in [1.165, 1.54) is 12.8 Å². The highest BCUT2D eigenvalue weighted by atomic mass is 35.5. The second-order valence-electron chi connectivity index (χ2n) is 6.34. The maximum atomic E-state index is 12.1. The topological polar surface area (TPSA) is 60.5 Å². The van der Waals surface area contributed by atoms with Gasteiger partial charge in [-0.25, -0.2) is 4.98 Å². The van der Waals surface area contributed by atoms with Crippen LogP contribution < -0.4 is 15.5 Å². The van der Waals surface area contributed by atoms with E-state index in [-0.39, 0.29) is 49.2 Å². The first-order valence-corrected chi connectivity index (χ1v) is 9.28. The number of hydrogen-bond acceptors (Lipinski definition) is 6. The summed E-state index contributed by atoms with van der Waals surface area (Å²) in [7, 11) is 4.30. The van der Waals surface area contributed by atoms with Crippen molar-refractivity contribution in [1.29, 1.82) is 0 Å². The van der Waals surface area contributed by atoms with Crippen LogP contribution in [-0.4, -0.2) is 66.7 Å². The Hall–Kier alpha value is -0.440. The zero-order valence-electron chi connectivity index (χ0n) is 15.0. The molecule has 0 saturated carbocycles. The third kappa shape index (κ3) is 6.62. The summed E-state index contributed by atoms with van der Waals surface area (Å²) in [6.45, 7) is 2.11. The van der Waals surface area contributed by atoms with Crippen LogP contribution in [0.15, 0.2) is 18.3 Å². The molecular weight excluding hydrogens is 417 g/mol. The first-order valence-electron chi connectivity index (χ1n) is 8.13. The summed E-state index contributed by atoms with van der Waals surface area (Å²) in [4.78, 5) is 21.1. The molecule has 2 fully saturated rings. The lowest BCUT2D eigenvalue weighted by Crippen LogP contribution is -2.42. The molecule has 10 heteroatoms. The summed E-state index contributed by atoms with van der Waals surface area (Å²) in [5.41, 5.74) is 1.13. The van der Waals surface area contributed by atoms with E-state index in [4.69, 9.17) is 0 Å². The highest BCUT2D eigenvalue weighted by molar-refractivity contribution is 7.99. The third-order valence-electron chi connectivity index (χ3n) is 4.59. The van der Waals surface area contributed by atoms with E-state index in [0.717, 1.165) is 30.4 Å². The van der Waals surface area contributed by atoms with Crippen molar-refractivity contribution < 1.29 is 4.79 Å². The van der Waals surface area contributed by atoms with E-state index in [0.29, 0.717) is 11.9 Å². The highest BCUT2D eigenvalue weighted by Crippen LogP contribution is 2.22. The first kappa shape index (κ1) is 25.6. The van der Waals surface area contributed by atoms with E-state index in [1.807, 2.05) is 12.3 Å². The quantitative estimate of drug-likeness (QED) is 0.744. The van der Waals surface area contributed by atoms with Gasteiger partial charge in [0.1, 0.15) is 5.82 Å². The number of anilines is 2. The molecule has 0 aromatic carbocycles. The van der Waals surface area contributed by atoms with Crippen molar-refractivity contribution in [2.75, 3.05) is 49.0 Å². The molecule has 3 rings (SSSR count). The lowest BCUT2D eigenvalue weighted by atomic mass is 10.0. The minimum atomic E-state index is -0.105. The number of amides is 1. The SMILES string of the molecule is CN(C)C1CCN(c2ccc(NC(=O)C3CSCN3)nc2)CC1.Cl.Cl.Cl. The van der Waals surface area contributed by atoms with Gasteiger partial charge in [0.05, 0.1) is 17.9 Å². The lowest BCUT2D eigenvalue weighted by Gasteiger charge is -2.36. The third-order valence-corrected chi connectivity index (χ3v) is 5.53. The van der Waals surface area contributed by atoms with Gasteiger partial charge in [-0.3, -0.25) is 10.1 Å². The average Bonchev–Trinajstić information content (AvgIpc) is 3.10. The molecule has 3 heterocycles. The van der Waals surface area contributed by atoms with Crippen LogP contribution in [0.1, 0.15) is 12.8 Å². The Morgan fingerprint density at radius 2 is 1.96 bits per heavy atom. The van der Waals surface area contributed by atoms with Gasteiger partial charge in [-0.05, 0) is 39.1 Å². The minimum Gasteiger partial charge on any atom is -0.370 e. The molecule has 150 valence electrons. The number of piperidine rings is 1. The zero-order chi connectivity index (χ0) is 16.2. The maximum Gasteiger partial charge on any atom is 0.243 e. The average molecular weight is 445 g/mol. The summed E-state index contributed by atoms with van der Waals surface area (Å²) in [5.74, 6) is 2.29. The molecule has 1 amide bonds. The summed E-state index contributed by atoms with van der Waals surface area (Å²) >= 11 is 1.74. The van der Waals surface area contributed by atoms with Crippen LogP contribution in [0.2, 0.25) is 0 Å². The van der Waals surface area contributed by atoms with Gasteiger partial charge in [0.2, 0.25) is 5.91 Å². The van der Waals surface area contributed by atoms with Crippen molar-refractivity contribution in [2.24, 2.45) is 0 Å². The molecule has 2 saturated heterocycles. The molecule has 2 aliphatic heterocycles. The summed E-state index contributed by atoms with van der Waals surface area (Å²) in [6.07, 6.45) is 4.22. The minimum absolute atomic E-state index is 0. The molecule has 1 aromatic rings. The Morgan fingerprint density at radius 1 is 1.27 bits per heavy atom. The molecule has 2 aliphatic rings. The number of rotatable bonds is 4. The number of hydrogen-bond donors (Lipinski definition) is 2. The number of halogens is 3. The van der Waals surface area contributed by atoms with Gasteiger partial charge in [-0.15, -0.1) is 49.0 Å². The number of aromatic nitrogens is 1. The second-order valence-corrected chi connectivity index (χ2v) is 7.37. The number of carbonyl (C=O) groups excluding carboxylic acids is 1. The van der Waals surface area contributed by atoms with Crippen molar-refractivity contribution in [3.8, 4) is 0 Å². The van der Waals surface area contributed by atoms with Gasteiger partial charge in [0, 0.05) is 30.8 Å². The smallest absolute Gasteiger partial charge is 0.243 e. The van der Waals surface area contributed by atoms with E-state index in [1.54, 1.807) is 11.8 Å². The predicted octanol–water partition coefficient (Wildman–Crippen LogP) is 2.48. The molecule has 0 spiro atoms. The van der Waals surface area contributed by atoms with E-state index in [9.17, 15) is 4.79 Å². The Morgan fingerprint density at radius 3 is 2.46 bits per heavy atom. The van der Waals surface area contributed by atoms with Gasteiger partial charge in [0.15, 0.2) is 0 Å². The van der Waals surface area contributed by atoms with Crippen molar-refractivity contribution in [1.82, 2.24) is 15.2 Å². The maximum absolute atomic E-state index is 12.1. The normalized spacial score (nSPS) is 20.0. The van der Waals surface area contributed by atoms with Gasteiger partial charge >= 0.3 is 0 Å². The van der Waals surface area contributed by atoms with Crippen molar-refractivity contribution >= 4 is 66.4 Å². The summed E-state index contributed by atoms with van der Waals surface area (Å²) < 4.78 is 0. The van der Waals surface area contributed by atoms with Crippen LogP contribution in [0, 0.1) is 0 Å². The molecule has 6 nitrogen and oxygen atoms in total. The molecule has 1 atom stereocenters. The number of thioether (sulfide) groups is 1. The lowest BCUT2D eigenvalue weighted by molar-refractivity contribution is -0.117. The fourth-order valence-electron chi connectivity index (χ4n) is 3.06. The van der Waals surface area contributed by atoms with E-state index >= 15 is 0 Å². The largest absolute Gasteiger partial charge is 0.370 e. The van der Waals surface area contributed by atoms with Gasteiger partial charge < -0.3 is 15.1 Å². The van der Waals surface area contributed by atoms with Crippen molar-refractivity contribution in [3.63, 3.8) is 0 Å². The van der Waals surface area contributed by atoms with Crippen LogP contribution in [0.4, 0.5) is 11.5 Å². The van der Waals surface area contributed by atoms with E-state index < -0.39 is 0 Å². The number of nitrogens with one attached hydrogen (secondary N) is 2. The molecule has 26 heavy (non-hydrogen) atoms. The van der Waals surface area contributed by atoms with Crippen LogP contribution in [0.25, 0.3) is 0 Å². The number of pyridine rings is 1. The standard InChI is InChI=1S/C16H25N5OS.3ClH/c1-20(2)12-5-7-21(8-6-12)13-3-4-15(17-9-13)19-16(22)14-10-23-11-18-14;;;/h3-4,9,12,14,18H,5-8,10-11H2,1-2H3,(H,17,19,22);3*1H. The molecule has 1 aromatic heterocycles. The van der Waals surface area contributed by atoms with E-state index in [2.05, 4.69) is 45.6 Å². The molecule has 0 bridgehead atoms. The molecule has 0 aliphatic carbocycles. The second kappa shape index (κ2) is 12.1. The van der Waals surface area contributed by atoms with Crippen molar-refractivity contribution in [2.45, 2.75) is 24.9 Å². The van der Waals surface area contributed by atoms with Crippen LogP contribution in [-0.2, 0) is 4.79 Å². The Kier molecular flexibility index (Phi) is 11.9. The fraction of sp³-hybridized carbons (Fsp3) is 0.625. The predicted molar refractivity (Wildman–Crippen MR) is 118 cm³/mol. The van der Waals surface area contributed by atoms with Gasteiger partial charge in [0.25, 0.3) is 0 Å². The first-order chi connectivity index (χ1) is 11.1. The van der Waals surface area contributed by atoms with Crippen LogP contribution in [0.5, 0.6) is 0 Å². The Balaban J connectivity index is 0.00000208. The van der Waals surface area contributed by atoms with Crippen LogP contribution in [0.3, 0.4) is 0 Å². The van der Waals surface area contributed by atoms with Gasteiger partial charge in [-0.1, -0.05) is 0 Å². The fourth-order valence-corrected chi connectivity index (χ4v) is 4.01. The molecule has 2 N–H and O–H groups in total. The number of nitrogens with zero attached hydrogens (tertiary/aromatic N) is 3. The molecular formula is C16H28Cl3N5OS. The van der Waals surface area contributed by atoms with Crippen molar-refractivity contribution in [3.05, 3.63) is 18.3 Å². The highest BCUT2D eigenvalue weighted by Gasteiger charge is 2.23. The Bertz CT molecular complexity index is 535. The van der Waals surface area contributed by atoms with Crippen LogP contribution >= 0.6 is 49.0 Å². The molecule has 1 unspecified atom stereocenters. The Labute approximate surface area is 178 Å². The molecule has 0 radical (unpaired) electrons. The summed E-state index contributed by atoms with van der Waals surface area (Å²) in [5, 5.41) is 6.05. The van der Waals surface area contributed by atoms with Gasteiger partial charge in [-0.2, -0.15) is 0 Å². The summed E-state index contributed by atoms with van der Waals surface area (Å²) in [6, 6.07) is 4.52. The zero-order valence-corrected chi connectivity index (χ0v) is 18.3. The monoisotopic (exact) mass is 443 g/mol. The number of carbonyl (C=O) groups is 1.